The van der Waals surface area contributed by atoms with Crippen molar-refractivity contribution in [1.82, 2.24) is 10.6 Å². The van der Waals surface area contributed by atoms with Gasteiger partial charge in [-0.2, -0.15) is 0 Å². The molecule has 5 nitrogen and oxygen atoms in total. The van der Waals surface area contributed by atoms with E-state index in [4.69, 9.17) is 9.47 Å². The molecule has 0 saturated carbocycles. The van der Waals surface area contributed by atoms with Crippen molar-refractivity contribution < 1.29 is 14.3 Å². The number of benzene rings is 2. The van der Waals surface area contributed by atoms with Crippen molar-refractivity contribution in [3.05, 3.63) is 71.3 Å². The van der Waals surface area contributed by atoms with Gasteiger partial charge in [-0.25, -0.2) is 0 Å². The van der Waals surface area contributed by atoms with Crippen molar-refractivity contribution in [3.63, 3.8) is 0 Å². The van der Waals surface area contributed by atoms with Crippen molar-refractivity contribution in [2.24, 2.45) is 0 Å². The van der Waals surface area contributed by atoms with Gasteiger partial charge in [-0.05, 0) is 16.7 Å². The maximum atomic E-state index is 12.1. The van der Waals surface area contributed by atoms with E-state index < -0.39 is 0 Å². The lowest BCUT2D eigenvalue weighted by atomic mass is 10.1. The van der Waals surface area contributed by atoms with Gasteiger partial charge >= 0.3 is 0 Å². The number of amides is 1. The van der Waals surface area contributed by atoms with E-state index in [9.17, 15) is 4.79 Å². The zero-order chi connectivity index (χ0) is 18.0. The Morgan fingerprint density at radius 3 is 2.65 bits per heavy atom. The summed E-state index contributed by atoms with van der Waals surface area (Å²) in [7, 11) is 0. The van der Waals surface area contributed by atoms with Gasteiger partial charge < -0.3 is 20.1 Å². The number of rotatable bonds is 8. The van der Waals surface area contributed by atoms with Crippen LogP contribution >= 0.6 is 0 Å². The average molecular weight is 354 g/mol. The summed E-state index contributed by atoms with van der Waals surface area (Å²) in [6, 6.07) is 18.4. The number of carbonyl (C=O) groups is 1. The summed E-state index contributed by atoms with van der Waals surface area (Å²) in [4.78, 5) is 12.1. The molecule has 1 aliphatic heterocycles. The zero-order valence-electron chi connectivity index (χ0n) is 14.9. The molecule has 0 spiro atoms. The molecule has 5 heteroatoms. The highest BCUT2D eigenvalue weighted by atomic mass is 16.5. The van der Waals surface area contributed by atoms with Crippen molar-refractivity contribution in [2.45, 2.75) is 32.2 Å². The number of hydrogen-bond acceptors (Lipinski definition) is 4. The van der Waals surface area contributed by atoms with Gasteiger partial charge in [-0.1, -0.05) is 54.6 Å². The van der Waals surface area contributed by atoms with Crippen LogP contribution in [0.2, 0.25) is 0 Å². The third kappa shape index (κ3) is 6.26. The summed E-state index contributed by atoms with van der Waals surface area (Å²) in [5.74, 6) is 0.0405. The third-order valence-corrected chi connectivity index (χ3v) is 4.29. The first-order valence-corrected chi connectivity index (χ1v) is 9.07. The summed E-state index contributed by atoms with van der Waals surface area (Å²) in [5, 5.41) is 6.27. The Kier molecular flexibility index (Phi) is 7.19. The SMILES string of the molecule is O=C(CC1COCCN1)NCc1cccc(COCc2ccccc2)c1. The van der Waals surface area contributed by atoms with Gasteiger partial charge in [0.2, 0.25) is 5.91 Å². The Hall–Kier alpha value is -2.21. The summed E-state index contributed by atoms with van der Waals surface area (Å²) < 4.78 is 11.2. The monoisotopic (exact) mass is 354 g/mol. The maximum Gasteiger partial charge on any atom is 0.221 e. The maximum absolute atomic E-state index is 12.1. The molecule has 26 heavy (non-hydrogen) atoms. The highest BCUT2D eigenvalue weighted by molar-refractivity contribution is 5.76. The van der Waals surface area contributed by atoms with E-state index in [-0.39, 0.29) is 11.9 Å². The van der Waals surface area contributed by atoms with Gasteiger partial charge in [0.15, 0.2) is 0 Å². The molecule has 0 aromatic heterocycles. The second-order valence-corrected chi connectivity index (χ2v) is 6.51. The molecule has 2 N–H and O–H groups in total. The summed E-state index contributed by atoms with van der Waals surface area (Å²) >= 11 is 0. The predicted octanol–water partition coefficient (Wildman–Crippen LogP) is 2.40. The first-order chi connectivity index (χ1) is 12.8. The van der Waals surface area contributed by atoms with Gasteiger partial charge in [0.05, 0.1) is 26.4 Å². The summed E-state index contributed by atoms with van der Waals surface area (Å²) in [6.45, 7) is 3.80. The standard InChI is InChI=1S/C21H26N2O3/c24-21(12-20-16-25-10-9-22-20)23-13-18-7-4-8-19(11-18)15-26-14-17-5-2-1-3-6-17/h1-8,11,20,22H,9-10,12-16H2,(H,23,24). The molecule has 138 valence electrons. The van der Waals surface area contributed by atoms with Crippen LogP contribution in [0.4, 0.5) is 0 Å². The van der Waals surface area contributed by atoms with E-state index >= 15 is 0 Å². The van der Waals surface area contributed by atoms with Crippen molar-refractivity contribution >= 4 is 5.91 Å². The molecular formula is C21H26N2O3. The molecule has 1 aliphatic rings. The lowest BCUT2D eigenvalue weighted by Crippen LogP contribution is -2.44. The minimum absolute atomic E-state index is 0.0405. The van der Waals surface area contributed by atoms with Crippen LogP contribution in [0.15, 0.2) is 54.6 Å². The van der Waals surface area contributed by atoms with E-state index in [1.165, 1.54) is 0 Å². The molecule has 1 saturated heterocycles. The van der Waals surface area contributed by atoms with Crippen LogP contribution in [-0.4, -0.2) is 31.7 Å². The lowest BCUT2D eigenvalue weighted by Gasteiger charge is -2.23. The molecule has 0 aliphatic carbocycles. The van der Waals surface area contributed by atoms with Crippen LogP contribution in [0.5, 0.6) is 0 Å². The van der Waals surface area contributed by atoms with E-state index in [1.807, 2.05) is 36.4 Å². The second kappa shape index (κ2) is 10.1. The smallest absolute Gasteiger partial charge is 0.221 e. The molecule has 0 radical (unpaired) electrons. The first-order valence-electron chi connectivity index (χ1n) is 9.07. The molecule has 2 aromatic rings. The molecular weight excluding hydrogens is 328 g/mol. The van der Waals surface area contributed by atoms with Crippen LogP contribution in [0, 0.1) is 0 Å². The van der Waals surface area contributed by atoms with E-state index in [0.29, 0.717) is 32.8 Å². The lowest BCUT2D eigenvalue weighted by molar-refractivity contribution is -0.122. The predicted molar refractivity (Wildman–Crippen MR) is 100 cm³/mol. The van der Waals surface area contributed by atoms with Gasteiger partial charge in [-0.15, -0.1) is 0 Å². The van der Waals surface area contributed by atoms with Crippen LogP contribution in [0.1, 0.15) is 23.1 Å². The Bertz CT molecular complexity index is 685. The van der Waals surface area contributed by atoms with Crippen molar-refractivity contribution in [3.8, 4) is 0 Å². The van der Waals surface area contributed by atoms with E-state index in [0.717, 1.165) is 29.8 Å². The Labute approximate surface area is 154 Å². The van der Waals surface area contributed by atoms with Crippen LogP contribution < -0.4 is 10.6 Å². The number of ether oxygens (including phenoxy) is 2. The number of nitrogens with one attached hydrogen (secondary N) is 2. The fraction of sp³-hybridized carbons (Fsp3) is 0.381. The third-order valence-electron chi connectivity index (χ3n) is 4.29. The molecule has 3 rings (SSSR count). The van der Waals surface area contributed by atoms with E-state index in [2.05, 4.69) is 28.8 Å². The van der Waals surface area contributed by atoms with Gasteiger partial charge in [0.25, 0.3) is 0 Å². The second-order valence-electron chi connectivity index (χ2n) is 6.51. The highest BCUT2D eigenvalue weighted by Gasteiger charge is 2.16. The summed E-state index contributed by atoms with van der Waals surface area (Å²) in [6.07, 6.45) is 0.444. The fourth-order valence-electron chi connectivity index (χ4n) is 2.94. The van der Waals surface area contributed by atoms with E-state index in [1.54, 1.807) is 0 Å². The number of morpholine rings is 1. The molecule has 1 unspecified atom stereocenters. The highest BCUT2D eigenvalue weighted by Crippen LogP contribution is 2.09. The number of hydrogen-bond donors (Lipinski definition) is 2. The van der Waals surface area contributed by atoms with Crippen molar-refractivity contribution in [1.29, 1.82) is 0 Å². The molecule has 0 bridgehead atoms. The molecule has 2 aromatic carbocycles. The topological polar surface area (TPSA) is 59.6 Å². The van der Waals surface area contributed by atoms with Crippen LogP contribution in [0.25, 0.3) is 0 Å². The minimum atomic E-state index is 0.0405. The quantitative estimate of drug-likeness (QED) is 0.764. The zero-order valence-corrected chi connectivity index (χ0v) is 14.9. The number of carbonyl (C=O) groups excluding carboxylic acids is 1. The molecule has 1 atom stereocenters. The largest absolute Gasteiger partial charge is 0.378 e. The Morgan fingerprint density at radius 1 is 1.08 bits per heavy atom. The van der Waals surface area contributed by atoms with Gasteiger partial charge in [0.1, 0.15) is 0 Å². The van der Waals surface area contributed by atoms with Gasteiger partial charge in [-0.3, -0.25) is 4.79 Å². The molecule has 1 heterocycles. The minimum Gasteiger partial charge on any atom is -0.378 e. The average Bonchev–Trinajstić information content (AvgIpc) is 2.68. The van der Waals surface area contributed by atoms with Gasteiger partial charge in [0, 0.05) is 25.6 Å². The van der Waals surface area contributed by atoms with Crippen molar-refractivity contribution in [2.75, 3.05) is 19.8 Å². The normalized spacial score (nSPS) is 17.0. The Balaban J connectivity index is 1.41. The molecule has 1 amide bonds. The molecule has 1 fully saturated rings. The fourth-order valence-corrected chi connectivity index (χ4v) is 2.94. The van der Waals surface area contributed by atoms with Crippen LogP contribution in [-0.2, 0) is 34.0 Å². The Morgan fingerprint density at radius 2 is 1.85 bits per heavy atom. The van der Waals surface area contributed by atoms with Crippen LogP contribution in [0.3, 0.4) is 0 Å². The first kappa shape index (κ1) is 18.6. The summed E-state index contributed by atoms with van der Waals surface area (Å²) in [5.41, 5.74) is 3.35.